The average molecular weight is 240 g/mol. The second-order valence-corrected chi connectivity index (χ2v) is 6.19. The Bertz CT molecular complexity index is 247. The Kier molecular flexibility index (Phi) is 5.48. The van der Waals surface area contributed by atoms with E-state index in [0.29, 0.717) is 0 Å². The summed E-state index contributed by atoms with van der Waals surface area (Å²) in [7, 11) is 0. The molecule has 0 spiro atoms. The molecule has 2 atom stereocenters. The maximum Gasteiger partial charge on any atom is 0.303 e. The van der Waals surface area contributed by atoms with Crippen molar-refractivity contribution in [2.75, 3.05) is 0 Å². The molecule has 2 nitrogen and oxygen atoms in total. The number of rotatable bonds is 2. The summed E-state index contributed by atoms with van der Waals surface area (Å²) in [6.45, 7) is 8.28. The summed E-state index contributed by atoms with van der Waals surface area (Å²) in [5.41, 5.74) is -0.211. The van der Waals surface area contributed by atoms with Crippen molar-refractivity contribution in [3.63, 3.8) is 0 Å². The van der Waals surface area contributed by atoms with Gasteiger partial charge in [0.15, 0.2) is 0 Å². The molecule has 1 aliphatic rings. The number of esters is 1. The van der Waals surface area contributed by atoms with E-state index in [1.54, 1.807) is 0 Å². The lowest BCUT2D eigenvalue weighted by Crippen LogP contribution is -2.30. The summed E-state index contributed by atoms with van der Waals surface area (Å²) >= 11 is 0. The quantitative estimate of drug-likeness (QED) is 0.672. The monoisotopic (exact) mass is 240 g/mol. The normalized spacial score (nSPS) is 31.5. The van der Waals surface area contributed by atoms with Gasteiger partial charge in [-0.05, 0) is 44.4 Å². The lowest BCUT2D eigenvalue weighted by molar-refractivity contribution is -0.156. The summed E-state index contributed by atoms with van der Waals surface area (Å²) in [4.78, 5) is 11.2. The Morgan fingerprint density at radius 3 is 2.35 bits per heavy atom. The molecule has 0 bridgehead atoms. The predicted octanol–water partition coefficient (Wildman–Crippen LogP) is 4.32. The molecule has 0 amide bonds. The van der Waals surface area contributed by atoms with Crippen molar-refractivity contribution < 1.29 is 9.53 Å². The van der Waals surface area contributed by atoms with E-state index in [1.165, 1.54) is 39.0 Å². The van der Waals surface area contributed by atoms with E-state index in [1.807, 2.05) is 0 Å². The fourth-order valence-electron chi connectivity index (χ4n) is 3.03. The maximum atomic E-state index is 11.2. The summed E-state index contributed by atoms with van der Waals surface area (Å²) in [5.74, 6) is 1.51. The van der Waals surface area contributed by atoms with Crippen LogP contribution in [0.4, 0.5) is 0 Å². The third-order valence-electron chi connectivity index (χ3n) is 4.14. The van der Waals surface area contributed by atoms with E-state index in [-0.39, 0.29) is 11.6 Å². The Hall–Kier alpha value is -0.530. The summed E-state index contributed by atoms with van der Waals surface area (Å²) in [5, 5.41) is 0. The molecule has 1 saturated carbocycles. The molecule has 0 aromatic rings. The van der Waals surface area contributed by atoms with Crippen LogP contribution in [0.25, 0.3) is 0 Å². The van der Waals surface area contributed by atoms with Crippen molar-refractivity contribution in [3.8, 4) is 0 Å². The van der Waals surface area contributed by atoms with Crippen LogP contribution in [0, 0.1) is 11.8 Å². The highest BCUT2D eigenvalue weighted by atomic mass is 16.6. The standard InChI is InChI=1S/C15H28O2/c1-12(2)14-8-5-6-10-15(4,11-7-9-14)17-13(3)16/h12,14H,5-11H2,1-4H3. The van der Waals surface area contributed by atoms with Crippen LogP contribution >= 0.6 is 0 Å². The first kappa shape index (κ1) is 14.5. The summed E-state index contributed by atoms with van der Waals surface area (Å²) in [6, 6.07) is 0. The van der Waals surface area contributed by atoms with Crippen LogP contribution in [0.15, 0.2) is 0 Å². The van der Waals surface area contributed by atoms with Gasteiger partial charge in [-0.1, -0.05) is 33.1 Å². The number of hydrogen-bond acceptors (Lipinski definition) is 2. The molecule has 0 N–H and O–H groups in total. The maximum absolute atomic E-state index is 11.2. The molecule has 0 saturated heterocycles. The van der Waals surface area contributed by atoms with Gasteiger partial charge in [-0.2, -0.15) is 0 Å². The van der Waals surface area contributed by atoms with Gasteiger partial charge in [0.25, 0.3) is 0 Å². The van der Waals surface area contributed by atoms with Gasteiger partial charge in [0.05, 0.1) is 0 Å². The van der Waals surface area contributed by atoms with Gasteiger partial charge in [0.2, 0.25) is 0 Å². The Labute approximate surface area is 106 Å². The largest absolute Gasteiger partial charge is 0.460 e. The molecule has 1 fully saturated rings. The first-order valence-electron chi connectivity index (χ1n) is 7.12. The number of carbonyl (C=O) groups excluding carboxylic acids is 1. The van der Waals surface area contributed by atoms with Gasteiger partial charge >= 0.3 is 5.97 Å². The number of hydrogen-bond donors (Lipinski definition) is 0. The molecule has 0 aliphatic heterocycles. The van der Waals surface area contributed by atoms with Crippen molar-refractivity contribution in [2.45, 2.75) is 78.2 Å². The highest BCUT2D eigenvalue weighted by molar-refractivity contribution is 5.66. The van der Waals surface area contributed by atoms with Crippen molar-refractivity contribution >= 4 is 5.97 Å². The SMILES string of the molecule is CC(=O)OC1(C)CCCCC(C(C)C)CCC1. The van der Waals surface area contributed by atoms with Gasteiger partial charge < -0.3 is 4.74 Å². The van der Waals surface area contributed by atoms with E-state index in [2.05, 4.69) is 20.8 Å². The summed E-state index contributed by atoms with van der Waals surface area (Å²) < 4.78 is 5.53. The van der Waals surface area contributed by atoms with E-state index in [4.69, 9.17) is 4.74 Å². The molecule has 2 heteroatoms. The lowest BCUT2D eigenvalue weighted by Gasteiger charge is -2.29. The molecular formula is C15H28O2. The Balaban J connectivity index is 2.55. The van der Waals surface area contributed by atoms with Gasteiger partial charge in [-0.15, -0.1) is 0 Å². The molecule has 0 aromatic heterocycles. The van der Waals surface area contributed by atoms with Crippen molar-refractivity contribution in [1.82, 2.24) is 0 Å². The second-order valence-electron chi connectivity index (χ2n) is 6.19. The van der Waals surface area contributed by atoms with Crippen LogP contribution < -0.4 is 0 Å². The first-order valence-corrected chi connectivity index (χ1v) is 7.12. The third-order valence-corrected chi connectivity index (χ3v) is 4.14. The van der Waals surface area contributed by atoms with Gasteiger partial charge in [-0.3, -0.25) is 4.79 Å². The zero-order valence-electron chi connectivity index (χ0n) is 11.9. The molecule has 2 unspecified atom stereocenters. The first-order chi connectivity index (χ1) is 7.93. The Morgan fingerprint density at radius 2 is 1.76 bits per heavy atom. The lowest BCUT2D eigenvalue weighted by atomic mass is 9.86. The third kappa shape index (κ3) is 5.10. The topological polar surface area (TPSA) is 26.3 Å². The molecule has 100 valence electrons. The van der Waals surface area contributed by atoms with Crippen LogP contribution in [0.5, 0.6) is 0 Å². The highest BCUT2D eigenvalue weighted by Gasteiger charge is 2.28. The van der Waals surface area contributed by atoms with Crippen LogP contribution in [-0.2, 0) is 9.53 Å². The van der Waals surface area contributed by atoms with Crippen LogP contribution in [0.2, 0.25) is 0 Å². The molecule has 17 heavy (non-hydrogen) atoms. The van der Waals surface area contributed by atoms with E-state index < -0.39 is 0 Å². The average Bonchev–Trinajstić information content (AvgIpc) is 2.27. The number of ether oxygens (including phenoxy) is 1. The van der Waals surface area contributed by atoms with Crippen LogP contribution in [-0.4, -0.2) is 11.6 Å². The molecule has 1 rings (SSSR count). The van der Waals surface area contributed by atoms with Gasteiger partial charge in [0, 0.05) is 6.92 Å². The predicted molar refractivity (Wildman–Crippen MR) is 70.8 cm³/mol. The molecule has 0 radical (unpaired) electrons. The van der Waals surface area contributed by atoms with Crippen molar-refractivity contribution in [3.05, 3.63) is 0 Å². The molecular weight excluding hydrogens is 212 g/mol. The zero-order valence-corrected chi connectivity index (χ0v) is 11.9. The minimum atomic E-state index is -0.211. The minimum Gasteiger partial charge on any atom is -0.460 e. The molecule has 0 heterocycles. The van der Waals surface area contributed by atoms with E-state index in [9.17, 15) is 4.79 Å². The van der Waals surface area contributed by atoms with Crippen LogP contribution in [0.3, 0.4) is 0 Å². The van der Waals surface area contributed by atoms with Crippen molar-refractivity contribution in [1.29, 1.82) is 0 Å². The smallest absolute Gasteiger partial charge is 0.303 e. The number of carbonyl (C=O) groups is 1. The van der Waals surface area contributed by atoms with E-state index in [0.717, 1.165) is 24.7 Å². The fourth-order valence-corrected chi connectivity index (χ4v) is 3.03. The fraction of sp³-hybridized carbons (Fsp3) is 0.933. The highest BCUT2D eigenvalue weighted by Crippen LogP contribution is 2.33. The van der Waals surface area contributed by atoms with Gasteiger partial charge in [0.1, 0.15) is 5.60 Å². The molecule has 0 aromatic carbocycles. The summed E-state index contributed by atoms with van der Waals surface area (Å²) in [6.07, 6.45) is 8.33. The molecule has 1 aliphatic carbocycles. The zero-order chi connectivity index (χ0) is 12.9. The van der Waals surface area contributed by atoms with E-state index >= 15 is 0 Å². The van der Waals surface area contributed by atoms with Gasteiger partial charge in [-0.25, -0.2) is 0 Å². The second kappa shape index (κ2) is 6.42. The van der Waals surface area contributed by atoms with Crippen LogP contribution in [0.1, 0.15) is 72.6 Å². The van der Waals surface area contributed by atoms with Crippen molar-refractivity contribution in [2.24, 2.45) is 11.8 Å². The minimum absolute atomic E-state index is 0.132. The Morgan fingerprint density at radius 1 is 1.18 bits per heavy atom.